The molecule has 0 bridgehead atoms. The van der Waals surface area contributed by atoms with E-state index in [0.29, 0.717) is 19.4 Å². The maximum atomic E-state index is 11.4. The first-order valence-electron chi connectivity index (χ1n) is 6.03. The van der Waals surface area contributed by atoms with Crippen molar-refractivity contribution in [2.75, 3.05) is 13.7 Å². The van der Waals surface area contributed by atoms with Crippen molar-refractivity contribution in [3.8, 4) is 0 Å². The summed E-state index contributed by atoms with van der Waals surface area (Å²) >= 11 is 0. The molecule has 1 aliphatic rings. The molecule has 0 aliphatic heterocycles. The zero-order chi connectivity index (χ0) is 14.0. The molecular weight excluding hydrogens is 236 g/mol. The van der Waals surface area contributed by atoms with E-state index in [1.807, 2.05) is 0 Å². The second kappa shape index (κ2) is 5.14. The molecule has 1 fully saturated rings. The van der Waals surface area contributed by atoms with Crippen molar-refractivity contribution in [2.24, 2.45) is 11.7 Å². The fraction of sp³-hybridized carbons (Fsp3) is 0.833. The molecule has 104 valence electrons. The fourth-order valence-electron chi connectivity index (χ4n) is 1.81. The Morgan fingerprint density at radius 3 is 2.56 bits per heavy atom. The Bertz CT molecular complexity index is 337. The number of hydrogen-bond acceptors (Lipinski definition) is 5. The average Bonchev–Trinajstić information content (AvgIpc) is 2.87. The quantitative estimate of drug-likeness (QED) is 0.728. The summed E-state index contributed by atoms with van der Waals surface area (Å²) in [6, 6.07) is 0. The minimum absolute atomic E-state index is 0.0693. The van der Waals surface area contributed by atoms with Crippen LogP contribution in [0.4, 0.5) is 4.79 Å². The van der Waals surface area contributed by atoms with Crippen molar-refractivity contribution in [1.29, 1.82) is 0 Å². The van der Waals surface area contributed by atoms with Crippen LogP contribution in [0, 0.1) is 5.92 Å². The van der Waals surface area contributed by atoms with Gasteiger partial charge in [-0.3, -0.25) is 4.79 Å². The molecule has 2 unspecified atom stereocenters. The number of alkyl carbamates (subject to hydrolysis) is 1. The molecule has 0 spiro atoms. The zero-order valence-corrected chi connectivity index (χ0v) is 11.4. The van der Waals surface area contributed by atoms with Crippen LogP contribution in [-0.4, -0.2) is 36.9 Å². The van der Waals surface area contributed by atoms with Crippen LogP contribution < -0.4 is 11.1 Å². The lowest BCUT2D eigenvalue weighted by Gasteiger charge is -2.19. The summed E-state index contributed by atoms with van der Waals surface area (Å²) in [5.74, 6) is -0.315. The number of carbonyl (C=O) groups is 2. The van der Waals surface area contributed by atoms with Gasteiger partial charge in [-0.15, -0.1) is 0 Å². The van der Waals surface area contributed by atoms with E-state index in [2.05, 4.69) is 10.1 Å². The highest BCUT2D eigenvalue weighted by Gasteiger charge is 2.57. The van der Waals surface area contributed by atoms with Crippen LogP contribution in [-0.2, 0) is 14.3 Å². The molecule has 0 saturated heterocycles. The molecule has 1 saturated carbocycles. The molecule has 0 aromatic carbocycles. The Morgan fingerprint density at radius 1 is 1.44 bits per heavy atom. The number of rotatable bonds is 4. The van der Waals surface area contributed by atoms with Crippen molar-refractivity contribution in [3.63, 3.8) is 0 Å². The first-order chi connectivity index (χ1) is 8.19. The van der Waals surface area contributed by atoms with Crippen LogP contribution in [0.5, 0.6) is 0 Å². The minimum atomic E-state index is -0.857. The summed E-state index contributed by atoms with van der Waals surface area (Å²) in [7, 11) is 1.32. The highest BCUT2D eigenvalue weighted by Crippen LogP contribution is 2.44. The maximum absolute atomic E-state index is 11.4. The minimum Gasteiger partial charge on any atom is -0.468 e. The number of esters is 1. The van der Waals surface area contributed by atoms with Gasteiger partial charge in [0.2, 0.25) is 0 Å². The van der Waals surface area contributed by atoms with Crippen molar-refractivity contribution >= 4 is 12.1 Å². The van der Waals surface area contributed by atoms with Gasteiger partial charge in [-0.25, -0.2) is 4.79 Å². The lowest BCUT2D eigenvalue weighted by molar-refractivity contribution is -0.143. The standard InChI is InChI=1S/C12H22N2O4/c1-11(2,3)18-10(16)14-6-5-8-7-12(8,13)9(15)17-4/h8H,5-7,13H2,1-4H3,(H,14,16). The van der Waals surface area contributed by atoms with Crippen molar-refractivity contribution in [1.82, 2.24) is 5.32 Å². The molecule has 1 amide bonds. The number of nitrogens with two attached hydrogens (primary N) is 1. The molecule has 0 radical (unpaired) electrons. The van der Waals surface area contributed by atoms with Crippen LogP contribution in [0.1, 0.15) is 33.6 Å². The van der Waals surface area contributed by atoms with Crippen molar-refractivity contribution < 1.29 is 19.1 Å². The monoisotopic (exact) mass is 258 g/mol. The van der Waals surface area contributed by atoms with E-state index in [1.165, 1.54) is 7.11 Å². The van der Waals surface area contributed by atoms with Gasteiger partial charge < -0.3 is 20.5 Å². The Balaban J connectivity index is 2.21. The summed E-state index contributed by atoms with van der Waals surface area (Å²) in [6.07, 6.45) is 0.796. The predicted octanol–water partition coefficient (Wildman–Crippen LogP) is 0.792. The van der Waals surface area contributed by atoms with E-state index in [-0.39, 0.29) is 11.9 Å². The lowest BCUT2D eigenvalue weighted by atomic mass is 10.2. The molecule has 0 aromatic rings. The highest BCUT2D eigenvalue weighted by molar-refractivity contribution is 5.84. The molecular formula is C12H22N2O4. The van der Waals surface area contributed by atoms with Crippen molar-refractivity contribution in [3.05, 3.63) is 0 Å². The van der Waals surface area contributed by atoms with Crippen LogP contribution >= 0.6 is 0 Å². The van der Waals surface area contributed by atoms with Gasteiger partial charge in [0.15, 0.2) is 0 Å². The Labute approximate surface area is 107 Å². The van der Waals surface area contributed by atoms with E-state index in [0.717, 1.165) is 0 Å². The van der Waals surface area contributed by atoms with E-state index < -0.39 is 17.2 Å². The Hall–Kier alpha value is -1.30. The molecule has 6 heteroatoms. The Kier molecular flexibility index (Phi) is 4.21. The second-order valence-corrected chi connectivity index (χ2v) is 5.65. The molecule has 6 nitrogen and oxygen atoms in total. The SMILES string of the molecule is COC(=O)C1(N)CC1CCNC(=O)OC(C)(C)C. The van der Waals surface area contributed by atoms with E-state index in [4.69, 9.17) is 10.5 Å². The molecule has 2 atom stereocenters. The Morgan fingerprint density at radius 2 is 2.06 bits per heavy atom. The molecule has 1 rings (SSSR count). The predicted molar refractivity (Wildman–Crippen MR) is 65.9 cm³/mol. The maximum Gasteiger partial charge on any atom is 0.407 e. The van der Waals surface area contributed by atoms with Gasteiger partial charge in [0.05, 0.1) is 7.11 Å². The third-order valence-corrected chi connectivity index (χ3v) is 2.88. The average molecular weight is 258 g/mol. The zero-order valence-electron chi connectivity index (χ0n) is 11.4. The summed E-state index contributed by atoms with van der Waals surface area (Å²) in [5, 5.41) is 2.64. The van der Waals surface area contributed by atoms with E-state index in [1.54, 1.807) is 20.8 Å². The number of amides is 1. The van der Waals surface area contributed by atoms with Crippen LogP contribution in [0.15, 0.2) is 0 Å². The fourth-order valence-corrected chi connectivity index (χ4v) is 1.81. The molecule has 18 heavy (non-hydrogen) atoms. The van der Waals surface area contributed by atoms with Gasteiger partial charge in [-0.2, -0.15) is 0 Å². The van der Waals surface area contributed by atoms with Crippen molar-refractivity contribution in [2.45, 2.75) is 44.8 Å². The number of hydrogen-bond donors (Lipinski definition) is 2. The topological polar surface area (TPSA) is 90.6 Å². The van der Waals surface area contributed by atoms with Gasteiger partial charge >= 0.3 is 12.1 Å². The van der Waals surface area contributed by atoms with Gasteiger partial charge in [-0.1, -0.05) is 0 Å². The largest absolute Gasteiger partial charge is 0.468 e. The van der Waals surface area contributed by atoms with Gasteiger partial charge in [0.1, 0.15) is 11.1 Å². The number of nitrogens with one attached hydrogen (secondary N) is 1. The summed E-state index contributed by atoms with van der Waals surface area (Å²) in [4.78, 5) is 22.7. The summed E-state index contributed by atoms with van der Waals surface area (Å²) in [5.41, 5.74) is 4.48. The normalized spacial score (nSPS) is 26.4. The summed E-state index contributed by atoms with van der Waals surface area (Å²) < 4.78 is 9.71. The molecule has 1 aliphatic carbocycles. The van der Waals surface area contributed by atoms with Crippen LogP contribution in [0.3, 0.4) is 0 Å². The third-order valence-electron chi connectivity index (χ3n) is 2.88. The summed E-state index contributed by atoms with van der Waals surface area (Å²) in [6.45, 7) is 5.84. The lowest BCUT2D eigenvalue weighted by Crippen LogP contribution is -2.37. The second-order valence-electron chi connectivity index (χ2n) is 5.65. The van der Waals surface area contributed by atoms with Crippen LogP contribution in [0.25, 0.3) is 0 Å². The van der Waals surface area contributed by atoms with E-state index in [9.17, 15) is 9.59 Å². The van der Waals surface area contributed by atoms with E-state index >= 15 is 0 Å². The van der Waals surface area contributed by atoms with Crippen LogP contribution in [0.2, 0.25) is 0 Å². The third kappa shape index (κ3) is 3.87. The van der Waals surface area contributed by atoms with Gasteiger partial charge in [0.25, 0.3) is 0 Å². The first-order valence-corrected chi connectivity index (χ1v) is 6.03. The number of carbonyl (C=O) groups excluding carboxylic acids is 2. The smallest absolute Gasteiger partial charge is 0.407 e. The molecule has 3 N–H and O–H groups in total. The number of ether oxygens (including phenoxy) is 2. The van der Waals surface area contributed by atoms with Gasteiger partial charge in [0, 0.05) is 6.54 Å². The number of methoxy groups -OCH3 is 1. The molecule has 0 aromatic heterocycles. The van der Waals surface area contributed by atoms with Gasteiger partial charge in [-0.05, 0) is 39.5 Å². The first kappa shape index (κ1) is 14.8. The molecule has 0 heterocycles. The highest BCUT2D eigenvalue weighted by atomic mass is 16.6.